The molecule has 0 unspecified atom stereocenters. The van der Waals surface area contributed by atoms with Crippen LogP contribution in [0.3, 0.4) is 0 Å². The number of carbonyl (C=O) groups excluding carboxylic acids is 1. The number of halogens is 2. The molecule has 31 heavy (non-hydrogen) atoms. The first-order chi connectivity index (χ1) is 15.0. The van der Waals surface area contributed by atoms with E-state index >= 15 is 0 Å². The Kier molecular flexibility index (Phi) is 6.70. The van der Waals surface area contributed by atoms with Gasteiger partial charge < -0.3 is 15.3 Å². The molecule has 0 bridgehead atoms. The van der Waals surface area contributed by atoms with Gasteiger partial charge in [0.15, 0.2) is 11.6 Å². The fraction of sp³-hybridized carbons (Fsp3) is 0.458. The zero-order valence-corrected chi connectivity index (χ0v) is 17.6. The molecule has 2 saturated heterocycles. The van der Waals surface area contributed by atoms with Crippen LogP contribution in [0.2, 0.25) is 0 Å². The average molecular weight is 430 g/mol. The first kappa shape index (κ1) is 21.6. The first-order valence-corrected chi connectivity index (χ1v) is 11.0. The van der Waals surface area contributed by atoms with Crippen molar-refractivity contribution in [2.24, 2.45) is 0 Å². The maximum atomic E-state index is 13.4. The Balaban J connectivity index is 1.19. The first-order valence-electron chi connectivity index (χ1n) is 11.0. The number of hydrogen-bond acceptors (Lipinski definition) is 3. The lowest BCUT2D eigenvalue weighted by Crippen LogP contribution is -2.50. The molecule has 166 valence electrons. The van der Waals surface area contributed by atoms with E-state index in [-0.39, 0.29) is 17.8 Å². The third-order valence-corrected chi connectivity index (χ3v) is 6.45. The van der Waals surface area contributed by atoms with Crippen molar-refractivity contribution in [3.63, 3.8) is 0 Å². The van der Waals surface area contributed by atoms with E-state index < -0.39 is 11.6 Å². The van der Waals surface area contributed by atoms with Gasteiger partial charge in [-0.1, -0.05) is 18.2 Å². The topological polar surface area (TPSA) is 55.8 Å². The van der Waals surface area contributed by atoms with Crippen molar-refractivity contribution in [1.82, 2.24) is 15.1 Å². The SMILES string of the molecule is O=C(NC1CCN(Cc2ccc(F)c(F)c2)CC1)N1CCC(c2ccc(O)cc2)CC1. The molecular formula is C24H29F2N3O2. The number of phenolic OH excluding ortho intramolecular Hbond substituents is 1. The summed E-state index contributed by atoms with van der Waals surface area (Å²) < 4.78 is 26.5. The molecule has 0 saturated carbocycles. The predicted octanol–water partition coefficient (Wildman–Crippen LogP) is 4.22. The third kappa shape index (κ3) is 5.53. The van der Waals surface area contributed by atoms with Crippen molar-refractivity contribution in [3.05, 3.63) is 65.2 Å². The lowest BCUT2D eigenvalue weighted by Gasteiger charge is -2.36. The predicted molar refractivity (Wildman–Crippen MR) is 115 cm³/mol. The molecule has 2 aromatic rings. The highest BCUT2D eigenvalue weighted by atomic mass is 19.2. The van der Waals surface area contributed by atoms with Gasteiger partial charge in [0.25, 0.3) is 0 Å². The fourth-order valence-electron chi connectivity index (χ4n) is 4.56. The Labute approximate surface area is 181 Å². The summed E-state index contributed by atoms with van der Waals surface area (Å²) in [5.74, 6) is -0.938. The van der Waals surface area contributed by atoms with Gasteiger partial charge in [0, 0.05) is 38.8 Å². The fourth-order valence-corrected chi connectivity index (χ4v) is 4.56. The molecule has 0 atom stereocenters. The van der Waals surface area contributed by atoms with Crippen LogP contribution in [0.15, 0.2) is 42.5 Å². The van der Waals surface area contributed by atoms with Crippen LogP contribution in [0.5, 0.6) is 5.75 Å². The molecule has 2 amide bonds. The number of rotatable bonds is 4. The number of nitrogens with zero attached hydrogens (tertiary/aromatic N) is 2. The minimum atomic E-state index is -0.822. The van der Waals surface area contributed by atoms with Crippen molar-refractivity contribution in [2.75, 3.05) is 26.2 Å². The zero-order valence-electron chi connectivity index (χ0n) is 17.6. The molecule has 0 spiro atoms. The van der Waals surface area contributed by atoms with E-state index in [4.69, 9.17) is 0 Å². The molecule has 2 fully saturated rings. The Bertz CT molecular complexity index is 890. The highest BCUT2D eigenvalue weighted by Crippen LogP contribution is 2.29. The van der Waals surface area contributed by atoms with Crippen molar-refractivity contribution in [2.45, 2.75) is 44.2 Å². The summed E-state index contributed by atoms with van der Waals surface area (Å²) in [7, 11) is 0. The van der Waals surface area contributed by atoms with Crippen LogP contribution < -0.4 is 5.32 Å². The molecule has 2 N–H and O–H groups in total. The second-order valence-electron chi connectivity index (χ2n) is 8.60. The number of nitrogens with one attached hydrogen (secondary N) is 1. The second-order valence-corrected chi connectivity index (χ2v) is 8.60. The van der Waals surface area contributed by atoms with Gasteiger partial charge >= 0.3 is 6.03 Å². The molecule has 0 aromatic heterocycles. The smallest absolute Gasteiger partial charge is 0.317 e. The van der Waals surface area contributed by atoms with Crippen LogP contribution in [0, 0.1) is 11.6 Å². The van der Waals surface area contributed by atoms with Gasteiger partial charge in [-0.15, -0.1) is 0 Å². The van der Waals surface area contributed by atoms with E-state index in [9.17, 15) is 18.7 Å². The monoisotopic (exact) mass is 429 g/mol. The minimum Gasteiger partial charge on any atom is -0.508 e. The van der Waals surface area contributed by atoms with Gasteiger partial charge in [0.05, 0.1) is 0 Å². The number of phenols is 1. The molecule has 2 aliphatic heterocycles. The molecule has 0 radical (unpaired) electrons. The average Bonchev–Trinajstić information content (AvgIpc) is 2.78. The number of carbonyl (C=O) groups is 1. The maximum Gasteiger partial charge on any atom is 0.317 e. The zero-order chi connectivity index (χ0) is 21.8. The van der Waals surface area contributed by atoms with E-state index in [1.165, 1.54) is 17.7 Å². The van der Waals surface area contributed by atoms with Gasteiger partial charge in [0.2, 0.25) is 0 Å². The minimum absolute atomic E-state index is 0.00297. The van der Waals surface area contributed by atoms with Crippen LogP contribution in [0.4, 0.5) is 13.6 Å². The van der Waals surface area contributed by atoms with Crippen LogP contribution in [0.1, 0.15) is 42.7 Å². The molecule has 7 heteroatoms. The van der Waals surface area contributed by atoms with Gasteiger partial charge in [-0.25, -0.2) is 13.6 Å². The molecule has 2 heterocycles. The summed E-state index contributed by atoms with van der Waals surface area (Å²) in [5.41, 5.74) is 1.98. The number of piperidine rings is 2. The number of benzene rings is 2. The van der Waals surface area contributed by atoms with Gasteiger partial charge in [-0.2, -0.15) is 0 Å². The van der Waals surface area contributed by atoms with Crippen molar-refractivity contribution >= 4 is 6.03 Å². The van der Waals surface area contributed by atoms with Crippen LogP contribution in [-0.2, 0) is 6.54 Å². The lowest BCUT2D eigenvalue weighted by atomic mass is 9.89. The molecule has 5 nitrogen and oxygen atoms in total. The molecule has 2 aromatic carbocycles. The maximum absolute atomic E-state index is 13.4. The Morgan fingerprint density at radius 2 is 1.61 bits per heavy atom. The van der Waals surface area contributed by atoms with Crippen molar-refractivity contribution < 1.29 is 18.7 Å². The van der Waals surface area contributed by atoms with Crippen LogP contribution >= 0.6 is 0 Å². The normalized spacial score (nSPS) is 18.8. The van der Waals surface area contributed by atoms with Crippen molar-refractivity contribution in [3.8, 4) is 5.75 Å². The van der Waals surface area contributed by atoms with Gasteiger partial charge in [0.1, 0.15) is 5.75 Å². The summed E-state index contributed by atoms with van der Waals surface area (Å²) in [4.78, 5) is 16.8. The Morgan fingerprint density at radius 3 is 2.26 bits per heavy atom. The third-order valence-electron chi connectivity index (χ3n) is 6.45. The van der Waals surface area contributed by atoms with E-state index in [0.29, 0.717) is 12.5 Å². The van der Waals surface area contributed by atoms with E-state index in [1.54, 1.807) is 18.2 Å². The highest BCUT2D eigenvalue weighted by molar-refractivity contribution is 5.74. The van der Waals surface area contributed by atoms with E-state index in [2.05, 4.69) is 10.2 Å². The van der Waals surface area contributed by atoms with Crippen molar-refractivity contribution in [1.29, 1.82) is 0 Å². The Hall–Kier alpha value is -2.67. The standard InChI is InChI=1S/C24H29F2N3O2/c25-22-6-1-17(15-23(22)26)16-28-11-9-20(10-12-28)27-24(31)29-13-7-19(8-14-29)18-2-4-21(30)5-3-18/h1-6,15,19-20,30H,7-14,16H2,(H,27,31). The number of amides is 2. The second kappa shape index (κ2) is 9.64. The molecular weight excluding hydrogens is 400 g/mol. The molecule has 0 aliphatic carbocycles. The number of aromatic hydroxyl groups is 1. The lowest BCUT2D eigenvalue weighted by molar-refractivity contribution is 0.159. The number of hydrogen-bond donors (Lipinski definition) is 2. The summed E-state index contributed by atoms with van der Waals surface area (Å²) in [6, 6.07) is 11.5. The largest absolute Gasteiger partial charge is 0.508 e. The number of likely N-dealkylation sites (tertiary alicyclic amines) is 2. The quantitative estimate of drug-likeness (QED) is 0.765. The molecule has 4 rings (SSSR count). The van der Waals surface area contributed by atoms with Gasteiger partial charge in [-0.3, -0.25) is 4.90 Å². The van der Waals surface area contributed by atoms with Crippen LogP contribution in [0.25, 0.3) is 0 Å². The Morgan fingerprint density at radius 1 is 0.935 bits per heavy atom. The summed E-state index contributed by atoms with van der Waals surface area (Å²) >= 11 is 0. The molecule has 2 aliphatic rings. The number of urea groups is 1. The van der Waals surface area contributed by atoms with Gasteiger partial charge in [-0.05, 0) is 67.0 Å². The van der Waals surface area contributed by atoms with E-state index in [0.717, 1.165) is 57.4 Å². The summed E-state index contributed by atoms with van der Waals surface area (Å²) in [6.07, 6.45) is 3.54. The summed E-state index contributed by atoms with van der Waals surface area (Å²) in [5, 5.41) is 12.6. The summed E-state index contributed by atoms with van der Waals surface area (Å²) in [6.45, 7) is 3.67. The highest BCUT2D eigenvalue weighted by Gasteiger charge is 2.27. The van der Waals surface area contributed by atoms with E-state index in [1.807, 2.05) is 17.0 Å². The van der Waals surface area contributed by atoms with Crippen LogP contribution in [-0.4, -0.2) is 53.2 Å².